The highest BCUT2D eigenvalue weighted by atomic mass is 32.2. The summed E-state index contributed by atoms with van der Waals surface area (Å²) in [5.41, 5.74) is -0.344. The Morgan fingerprint density at radius 3 is 2.81 bits per heavy atom. The van der Waals surface area contributed by atoms with Gasteiger partial charge in [0.05, 0.1) is 16.4 Å². The van der Waals surface area contributed by atoms with Crippen LogP contribution in [0.5, 0.6) is 0 Å². The number of hydrogen-bond donors (Lipinski definition) is 1. The molecule has 1 N–H and O–H groups in total. The third kappa shape index (κ3) is 3.29. The lowest BCUT2D eigenvalue weighted by atomic mass is 10.2. The predicted octanol–water partition coefficient (Wildman–Crippen LogP) is -0.594. The summed E-state index contributed by atoms with van der Waals surface area (Å²) in [7, 11) is -1.78. The second-order valence-electron chi connectivity index (χ2n) is 4.85. The third-order valence-electron chi connectivity index (χ3n) is 3.21. The van der Waals surface area contributed by atoms with Crippen molar-refractivity contribution in [2.75, 3.05) is 23.0 Å². The summed E-state index contributed by atoms with van der Waals surface area (Å²) in [6.45, 7) is -0.544. The van der Waals surface area contributed by atoms with Crippen LogP contribution in [0.4, 0.5) is 11.5 Å². The lowest BCUT2D eigenvalue weighted by molar-refractivity contribution is -0.384. The number of aliphatic carboxylic acids is 1. The quantitative estimate of drug-likeness (QED) is 0.562. The smallest absolute Gasteiger partial charge is 0.330 e. The molecule has 1 atom stereocenters. The third-order valence-corrected chi connectivity index (χ3v) is 4.96. The summed E-state index contributed by atoms with van der Waals surface area (Å²) in [5.74, 6) is -1.62. The maximum absolute atomic E-state index is 11.6. The molecule has 1 aromatic rings. The van der Waals surface area contributed by atoms with E-state index in [4.69, 9.17) is 5.11 Å². The minimum absolute atomic E-state index is 0.0611. The zero-order valence-electron chi connectivity index (χ0n) is 11.2. The van der Waals surface area contributed by atoms with E-state index in [9.17, 15) is 23.3 Å². The second-order valence-corrected chi connectivity index (χ2v) is 7.08. The first-order valence-corrected chi connectivity index (χ1v) is 7.88. The van der Waals surface area contributed by atoms with Gasteiger partial charge in [0.25, 0.3) is 0 Å². The van der Waals surface area contributed by atoms with E-state index in [1.165, 1.54) is 16.6 Å². The maximum Gasteiger partial charge on any atom is 0.330 e. The topological polar surface area (TPSA) is 136 Å². The average molecular weight is 318 g/mol. The molecule has 1 aliphatic rings. The van der Waals surface area contributed by atoms with Crippen molar-refractivity contribution in [3.8, 4) is 0 Å². The first kappa shape index (κ1) is 15.2. The monoisotopic (exact) mass is 318 g/mol. The molecule has 0 amide bonds. The summed E-state index contributed by atoms with van der Waals surface area (Å²) in [6, 6.07) is -0.625. The van der Waals surface area contributed by atoms with E-state index < -0.39 is 33.3 Å². The highest BCUT2D eigenvalue weighted by Gasteiger charge is 2.37. The molecule has 1 aromatic heterocycles. The molecule has 21 heavy (non-hydrogen) atoms. The molecule has 11 heteroatoms. The Morgan fingerprint density at radius 1 is 1.67 bits per heavy atom. The number of nitro groups is 1. The number of sulfone groups is 1. The average Bonchev–Trinajstić information content (AvgIpc) is 2.89. The zero-order valence-corrected chi connectivity index (χ0v) is 12.0. The van der Waals surface area contributed by atoms with Crippen LogP contribution < -0.4 is 4.90 Å². The van der Waals surface area contributed by atoms with Crippen LogP contribution >= 0.6 is 0 Å². The highest BCUT2D eigenvalue weighted by Crippen LogP contribution is 2.30. The van der Waals surface area contributed by atoms with E-state index in [2.05, 4.69) is 5.10 Å². The highest BCUT2D eigenvalue weighted by molar-refractivity contribution is 7.91. The van der Waals surface area contributed by atoms with Crippen LogP contribution in [-0.4, -0.2) is 58.3 Å². The number of hydrogen-bond acceptors (Lipinski definition) is 7. The first-order chi connectivity index (χ1) is 9.69. The molecule has 1 fully saturated rings. The Balaban J connectivity index is 2.41. The van der Waals surface area contributed by atoms with Gasteiger partial charge in [0, 0.05) is 13.1 Å². The molecular weight excluding hydrogens is 304 g/mol. The van der Waals surface area contributed by atoms with Gasteiger partial charge in [-0.15, -0.1) is 5.10 Å². The van der Waals surface area contributed by atoms with Gasteiger partial charge in [-0.3, -0.25) is 19.6 Å². The summed E-state index contributed by atoms with van der Waals surface area (Å²) in [4.78, 5) is 22.5. The number of nitrogens with zero attached hydrogens (tertiary/aromatic N) is 4. The van der Waals surface area contributed by atoms with Gasteiger partial charge in [-0.05, 0) is 6.42 Å². The molecule has 0 aromatic carbocycles. The number of aromatic nitrogens is 2. The molecule has 1 aliphatic heterocycles. The van der Waals surface area contributed by atoms with Gasteiger partial charge in [0.2, 0.25) is 5.82 Å². The van der Waals surface area contributed by atoms with Crippen molar-refractivity contribution in [2.45, 2.75) is 12.5 Å². The fourth-order valence-electron chi connectivity index (χ4n) is 2.34. The van der Waals surface area contributed by atoms with E-state index >= 15 is 0 Å². The second kappa shape index (κ2) is 5.31. The molecule has 0 spiro atoms. The summed E-state index contributed by atoms with van der Waals surface area (Å²) in [5, 5.41) is 23.9. The van der Waals surface area contributed by atoms with E-state index in [1.54, 1.807) is 0 Å². The molecule has 0 aliphatic carbocycles. The van der Waals surface area contributed by atoms with Gasteiger partial charge in [-0.25, -0.2) is 8.42 Å². The van der Waals surface area contributed by atoms with Crippen molar-refractivity contribution in [3.05, 3.63) is 16.3 Å². The van der Waals surface area contributed by atoms with Crippen LogP contribution in [0.3, 0.4) is 0 Å². The largest absolute Gasteiger partial charge is 0.480 e. The maximum atomic E-state index is 11.6. The van der Waals surface area contributed by atoms with E-state index in [-0.39, 0.29) is 29.4 Å². The minimum Gasteiger partial charge on any atom is -0.480 e. The van der Waals surface area contributed by atoms with Crippen molar-refractivity contribution in [1.82, 2.24) is 9.78 Å². The molecule has 0 bridgehead atoms. The summed E-state index contributed by atoms with van der Waals surface area (Å²) < 4.78 is 24.3. The van der Waals surface area contributed by atoms with E-state index in [1.807, 2.05) is 0 Å². The van der Waals surface area contributed by atoms with Crippen molar-refractivity contribution in [1.29, 1.82) is 0 Å². The fraction of sp³-hybridized carbons (Fsp3) is 0.600. The molecule has 2 heterocycles. The van der Waals surface area contributed by atoms with Crippen LogP contribution in [0.2, 0.25) is 0 Å². The Hall–Kier alpha value is -2.17. The van der Waals surface area contributed by atoms with Gasteiger partial charge >= 0.3 is 11.7 Å². The fourth-order valence-corrected chi connectivity index (χ4v) is 4.07. The number of carboxylic acid groups (broad SMARTS) is 1. The van der Waals surface area contributed by atoms with Crippen molar-refractivity contribution in [3.63, 3.8) is 0 Å². The number of carbonyl (C=O) groups is 1. The van der Waals surface area contributed by atoms with Crippen molar-refractivity contribution >= 4 is 27.3 Å². The van der Waals surface area contributed by atoms with Crippen LogP contribution in [0.1, 0.15) is 6.42 Å². The van der Waals surface area contributed by atoms with Crippen LogP contribution in [0, 0.1) is 10.1 Å². The van der Waals surface area contributed by atoms with Gasteiger partial charge in [0.1, 0.15) is 12.7 Å². The lowest BCUT2D eigenvalue weighted by Crippen LogP contribution is -2.40. The number of rotatable bonds is 5. The van der Waals surface area contributed by atoms with Gasteiger partial charge < -0.3 is 10.0 Å². The first-order valence-electron chi connectivity index (χ1n) is 6.06. The Labute approximate surface area is 120 Å². The molecule has 0 radical (unpaired) electrons. The van der Waals surface area contributed by atoms with Crippen LogP contribution in [0.25, 0.3) is 0 Å². The van der Waals surface area contributed by atoms with E-state index in [0.717, 1.165) is 6.20 Å². The summed E-state index contributed by atoms with van der Waals surface area (Å²) in [6.07, 6.45) is 1.39. The molecular formula is C10H14N4O6S. The lowest BCUT2D eigenvalue weighted by Gasteiger charge is -2.25. The zero-order chi connectivity index (χ0) is 15.8. The van der Waals surface area contributed by atoms with Gasteiger partial charge in [-0.1, -0.05) is 0 Å². The molecule has 10 nitrogen and oxygen atoms in total. The van der Waals surface area contributed by atoms with E-state index in [0.29, 0.717) is 0 Å². The summed E-state index contributed by atoms with van der Waals surface area (Å²) >= 11 is 0. The van der Waals surface area contributed by atoms with Gasteiger partial charge in [-0.2, -0.15) is 0 Å². The number of anilines is 1. The minimum atomic E-state index is -3.25. The van der Waals surface area contributed by atoms with Crippen LogP contribution in [-0.2, 0) is 21.7 Å². The molecule has 0 saturated carbocycles. The normalized spacial score (nSPS) is 20.3. The van der Waals surface area contributed by atoms with Gasteiger partial charge in [0.15, 0.2) is 9.84 Å². The van der Waals surface area contributed by atoms with Crippen molar-refractivity contribution < 1.29 is 23.2 Å². The van der Waals surface area contributed by atoms with Crippen molar-refractivity contribution in [2.24, 2.45) is 7.05 Å². The molecule has 1 saturated heterocycles. The SMILES string of the molecule is Cn1cc([N+](=O)[O-])c(N(CC(=O)O)C2CCS(=O)(=O)C2)n1. The number of carboxylic acids is 1. The molecule has 2 rings (SSSR count). The Morgan fingerprint density at radius 2 is 2.33 bits per heavy atom. The standard InChI is InChI=1S/C10H14N4O6S/c1-12-4-8(14(17)18)10(11-12)13(5-9(15)16)7-2-3-21(19,20)6-7/h4,7H,2-3,5-6H2,1H3,(H,15,16). The van der Waals surface area contributed by atoms with Crippen LogP contribution in [0.15, 0.2) is 6.20 Å². The molecule has 116 valence electrons. The predicted molar refractivity (Wildman–Crippen MR) is 71.9 cm³/mol. The number of aryl methyl sites for hydroxylation is 1. The molecule has 1 unspecified atom stereocenters. The Kier molecular flexibility index (Phi) is 3.85. The Bertz CT molecular complexity index is 682.